The van der Waals surface area contributed by atoms with Crippen LogP contribution in [0.3, 0.4) is 0 Å². The topological polar surface area (TPSA) is 39.1 Å². The average Bonchev–Trinajstić information content (AvgIpc) is 2.70. The maximum atomic E-state index is 12.4. The molecule has 0 aliphatic heterocycles. The predicted molar refractivity (Wildman–Crippen MR) is 74.4 cm³/mol. The summed E-state index contributed by atoms with van der Waals surface area (Å²) in [6.07, 6.45) is 0.359. The molecule has 2 aromatic rings. The molecule has 0 radical (unpaired) electrons. The molecule has 98 valence electrons. The average molecular weight is 255 g/mol. The Balaban J connectivity index is 2.32. The number of rotatable bonds is 4. The number of carbonyl (C=O) groups excluding carboxylic acids is 2. The molecule has 2 rings (SSSR count). The summed E-state index contributed by atoms with van der Waals surface area (Å²) in [5.74, 6) is 0.0767. The van der Waals surface area contributed by atoms with Crippen LogP contribution in [0.1, 0.15) is 34.2 Å². The standard InChI is InChI=1S/C16H17NO2/c1-11-4-6-13(7-5-11)16(19)15-9-8-14(17(15)3)10-12(2)18/h4-9H,10H2,1-3H3. The second kappa shape index (κ2) is 5.22. The van der Waals surface area contributed by atoms with Crippen molar-refractivity contribution in [3.8, 4) is 0 Å². The quantitative estimate of drug-likeness (QED) is 0.788. The first-order valence-corrected chi connectivity index (χ1v) is 6.24. The number of Topliss-reactive ketones (excluding diaryl/α,β-unsaturated/α-hetero) is 1. The van der Waals surface area contributed by atoms with Gasteiger partial charge in [-0.15, -0.1) is 0 Å². The Morgan fingerprint density at radius 3 is 2.26 bits per heavy atom. The summed E-state index contributed by atoms with van der Waals surface area (Å²) in [4.78, 5) is 23.5. The number of hydrogen-bond acceptors (Lipinski definition) is 2. The minimum atomic E-state index is -0.0164. The number of aromatic nitrogens is 1. The van der Waals surface area contributed by atoms with Gasteiger partial charge in [0.2, 0.25) is 5.78 Å². The van der Waals surface area contributed by atoms with Gasteiger partial charge in [-0.1, -0.05) is 29.8 Å². The molecule has 0 atom stereocenters. The van der Waals surface area contributed by atoms with E-state index in [-0.39, 0.29) is 11.6 Å². The number of benzene rings is 1. The van der Waals surface area contributed by atoms with Crippen LogP contribution < -0.4 is 0 Å². The van der Waals surface area contributed by atoms with Crippen molar-refractivity contribution in [1.82, 2.24) is 4.57 Å². The molecule has 0 N–H and O–H groups in total. The zero-order valence-corrected chi connectivity index (χ0v) is 11.4. The summed E-state index contributed by atoms with van der Waals surface area (Å²) in [7, 11) is 1.82. The van der Waals surface area contributed by atoms with Gasteiger partial charge < -0.3 is 4.57 Å². The summed E-state index contributed by atoms with van der Waals surface area (Å²) in [6, 6.07) is 11.1. The summed E-state index contributed by atoms with van der Waals surface area (Å²) in [6.45, 7) is 3.54. The highest BCUT2D eigenvalue weighted by Crippen LogP contribution is 2.14. The molecule has 0 aliphatic carbocycles. The molecule has 1 aromatic heterocycles. The van der Waals surface area contributed by atoms with Gasteiger partial charge in [-0.25, -0.2) is 0 Å². The Morgan fingerprint density at radius 2 is 1.68 bits per heavy atom. The van der Waals surface area contributed by atoms with E-state index in [2.05, 4.69) is 0 Å². The van der Waals surface area contributed by atoms with Crippen molar-refractivity contribution in [3.05, 3.63) is 58.9 Å². The fourth-order valence-corrected chi connectivity index (χ4v) is 2.07. The molecule has 0 spiro atoms. The third-order valence-electron chi connectivity index (χ3n) is 3.20. The zero-order valence-electron chi connectivity index (χ0n) is 11.4. The van der Waals surface area contributed by atoms with Crippen molar-refractivity contribution in [2.45, 2.75) is 20.3 Å². The van der Waals surface area contributed by atoms with Crippen LogP contribution in [0.15, 0.2) is 36.4 Å². The van der Waals surface area contributed by atoms with E-state index in [1.54, 1.807) is 17.6 Å². The minimum absolute atomic E-state index is 0.0164. The van der Waals surface area contributed by atoms with Gasteiger partial charge in [-0.3, -0.25) is 9.59 Å². The molecular weight excluding hydrogens is 238 g/mol. The maximum absolute atomic E-state index is 12.4. The van der Waals surface area contributed by atoms with E-state index in [4.69, 9.17) is 0 Å². The maximum Gasteiger partial charge on any atom is 0.209 e. The molecule has 0 saturated carbocycles. The van der Waals surface area contributed by atoms with Gasteiger partial charge >= 0.3 is 0 Å². The highest BCUT2D eigenvalue weighted by Gasteiger charge is 2.15. The van der Waals surface area contributed by atoms with Gasteiger partial charge in [-0.05, 0) is 26.0 Å². The second-order valence-electron chi connectivity index (χ2n) is 4.84. The zero-order chi connectivity index (χ0) is 14.0. The van der Waals surface area contributed by atoms with Gasteiger partial charge in [0.25, 0.3) is 0 Å². The molecule has 0 amide bonds. The summed E-state index contributed by atoms with van der Waals surface area (Å²) < 4.78 is 1.80. The van der Waals surface area contributed by atoms with E-state index >= 15 is 0 Å². The van der Waals surface area contributed by atoms with Crippen LogP contribution in [0.25, 0.3) is 0 Å². The van der Waals surface area contributed by atoms with Crippen molar-refractivity contribution >= 4 is 11.6 Å². The second-order valence-corrected chi connectivity index (χ2v) is 4.84. The van der Waals surface area contributed by atoms with E-state index in [1.807, 2.05) is 44.3 Å². The van der Waals surface area contributed by atoms with Gasteiger partial charge in [0, 0.05) is 24.7 Å². The highest BCUT2D eigenvalue weighted by atomic mass is 16.1. The third-order valence-corrected chi connectivity index (χ3v) is 3.20. The van der Waals surface area contributed by atoms with E-state index in [0.717, 1.165) is 11.3 Å². The van der Waals surface area contributed by atoms with E-state index < -0.39 is 0 Å². The third kappa shape index (κ3) is 2.81. The summed E-state index contributed by atoms with van der Waals surface area (Å²) in [5, 5.41) is 0. The molecule has 1 aromatic carbocycles. The number of aryl methyl sites for hydroxylation is 1. The fraction of sp³-hybridized carbons (Fsp3) is 0.250. The van der Waals surface area contributed by atoms with Crippen molar-refractivity contribution in [3.63, 3.8) is 0 Å². The number of nitrogens with zero attached hydrogens (tertiary/aromatic N) is 1. The lowest BCUT2D eigenvalue weighted by atomic mass is 10.1. The monoisotopic (exact) mass is 255 g/mol. The van der Waals surface area contributed by atoms with Crippen molar-refractivity contribution in [1.29, 1.82) is 0 Å². The molecule has 1 heterocycles. The van der Waals surface area contributed by atoms with Crippen LogP contribution in [-0.4, -0.2) is 16.1 Å². The first kappa shape index (κ1) is 13.3. The van der Waals surface area contributed by atoms with Gasteiger partial charge in [0.05, 0.1) is 5.69 Å². The number of hydrogen-bond donors (Lipinski definition) is 0. The van der Waals surface area contributed by atoms with Crippen molar-refractivity contribution in [2.75, 3.05) is 0 Å². The van der Waals surface area contributed by atoms with Crippen LogP contribution in [0.5, 0.6) is 0 Å². The summed E-state index contributed by atoms with van der Waals surface area (Å²) >= 11 is 0. The smallest absolute Gasteiger partial charge is 0.209 e. The van der Waals surface area contributed by atoms with Crippen LogP contribution in [0.4, 0.5) is 0 Å². The van der Waals surface area contributed by atoms with Crippen LogP contribution in [0, 0.1) is 6.92 Å². The molecule has 19 heavy (non-hydrogen) atoms. The molecular formula is C16H17NO2. The number of ketones is 2. The lowest BCUT2D eigenvalue weighted by Crippen LogP contribution is -2.10. The Labute approximate surface area is 112 Å². The molecule has 0 saturated heterocycles. The molecule has 3 heteroatoms. The molecule has 0 unspecified atom stereocenters. The molecule has 0 bridgehead atoms. The van der Waals surface area contributed by atoms with E-state index in [0.29, 0.717) is 17.7 Å². The van der Waals surface area contributed by atoms with Crippen LogP contribution >= 0.6 is 0 Å². The Hall–Kier alpha value is -2.16. The molecule has 0 aliphatic rings. The largest absolute Gasteiger partial charge is 0.345 e. The SMILES string of the molecule is CC(=O)Cc1ccc(C(=O)c2ccc(C)cc2)n1C. The highest BCUT2D eigenvalue weighted by molar-refractivity contribution is 6.08. The van der Waals surface area contributed by atoms with E-state index in [1.165, 1.54) is 0 Å². The minimum Gasteiger partial charge on any atom is -0.345 e. The van der Waals surface area contributed by atoms with Gasteiger partial charge in [0.1, 0.15) is 5.78 Å². The van der Waals surface area contributed by atoms with Crippen molar-refractivity contribution in [2.24, 2.45) is 7.05 Å². The van der Waals surface area contributed by atoms with Gasteiger partial charge in [0.15, 0.2) is 0 Å². The van der Waals surface area contributed by atoms with Crippen LogP contribution in [0.2, 0.25) is 0 Å². The lowest BCUT2D eigenvalue weighted by Gasteiger charge is -2.06. The van der Waals surface area contributed by atoms with Crippen molar-refractivity contribution < 1.29 is 9.59 Å². The Morgan fingerprint density at radius 1 is 1.05 bits per heavy atom. The predicted octanol–water partition coefficient (Wildman–Crippen LogP) is 2.70. The van der Waals surface area contributed by atoms with E-state index in [9.17, 15) is 9.59 Å². The molecule has 0 fully saturated rings. The lowest BCUT2D eigenvalue weighted by molar-refractivity contribution is -0.116. The van der Waals surface area contributed by atoms with Crippen LogP contribution in [-0.2, 0) is 18.3 Å². The normalized spacial score (nSPS) is 10.5. The number of carbonyl (C=O) groups is 2. The fourth-order valence-electron chi connectivity index (χ4n) is 2.07. The first-order chi connectivity index (χ1) is 8.99. The Bertz CT molecular complexity index is 621. The summed E-state index contributed by atoms with van der Waals surface area (Å²) in [5.41, 5.74) is 3.27. The van der Waals surface area contributed by atoms with Gasteiger partial charge in [-0.2, -0.15) is 0 Å². The first-order valence-electron chi connectivity index (χ1n) is 6.24. The molecule has 3 nitrogen and oxygen atoms in total. The Kier molecular flexibility index (Phi) is 3.65.